The van der Waals surface area contributed by atoms with E-state index in [0.717, 1.165) is 44.6 Å². The molecule has 2 heteroatoms. The van der Waals surface area contributed by atoms with Gasteiger partial charge in [-0.2, -0.15) is 0 Å². The fourth-order valence-electron chi connectivity index (χ4n) is 8.42. The molecule has 1 aromatic heterocycles. The van der Waals surface area contributed by atoms with E-state index < -0.39 is 5.41 Å². The highest BCUT2D eigenvalue weighted by Crippen LogP contribution is 2.62. The monoisotopic (exact) mass is 651 g/mol. The minimum Gasteiger partial charge on any atom is -0.456 e. The Hall–Kier alpha value is -6.64. The van der Waals surface area contributed by atoms with E-state index in [-0.39, 0.29) is 0 Å². The molecule has 51 heavy (non-hydrogen) atoms. The van der Waals surface area contributed by atoms with Crippen LogP contribution >= 0.6 is 0 Å². The zero-order valence-electron chi connectivity index (χ0n) is 27.9. The van der Waals surface area contributed by atoms with E-state index in [9.17, 15) is 0 Å². The van der Waals surface area contributed by atoms with Crippen molar-refractivity contribution in [1.82, 2.24) is 0 Å². The topological polar surface area (TPSA) is 16.4 Å². The zero-order chi connectivity index (χ0) is 33.8. The van der Waals surface area contributed by atoms with Crippen molar-refractivity contribution >= 4 is 39.0 Å². The molecule has 0 aliphatic heterocycles. The highest BCUT2D eigenvalue weighted by Gasteiger charge is 2.48. The van der Waals surface area contributed by atoms with E-state index in [1.807, 2.05) is 0 Å². The molecule has 1 aliphatic rings. The van der Waals surface area contributed by atoms with Crippen molar-refractivity contribution in [3.63, 3.8) is 0 Å². The molecule has 2 nitrogen and oxygen atoms in total. The van der Waals surface area contributed by atoms with Gasteiger partial charge in [0.1, 0.15) is 11.2 Å². The summed E-state index contributed by atoms with van der Waals surface area (Å²) in [5.74, 6) is 0. The summed E-state index contributed by atoms with van der Waals surface area (Å²) in [4.78, 5) is 2.44. The summed E-state index contributed by atoms with van der Waals surface area (Å²) in [7, 11) is 0. The average molecular weight is 652 g/mol. The fourth-order valence-corrected chi connectivity index (χ4v) is 8.42. The first-order valence-electron chi connectivity index (χ1n) is 17.5. The van der Waals surface area contributed by atoms with Gasteiger partial charge in [0.15, 0.2) is 0 Å². The van der Waals surface area contributed by atoms with Crippen molar-refractivity contribution in [2.45, 2.75) is 5.41 Å². The summed E-state index contributed by atoms with van der Waals surface area (Å²) in [6.07, 6.45) is 0. The Morgan fingerprint density at radius 2 is 0.941 bits per heavy atom. The fraction of sp³-hybridized carbons (Fsp3) is 0.0204. The average Bonchev–Trinajstić information content (AvgIpc) is 3.73. The third-order valence-electron chi connectivity index (χ3n) is 10.5. The molecule has 0 fully saturated rings. The molecule has 0 spiro atoms. The van der Waals surface area contributed by atoms with Crippen LogP contribution in [-0.4, -0.2) is 0 Å². The van der Waals surface area contributed by atoms with Gasteiger partial charge in [0.05, 0.1) is 16.5 Å². The smallest absolute Gasteiger partial charge is 0.137 e. The molecule has 0 bridgehead atoms. The number of furan rings is 1. The normalized spacial score (nSPS) is 12.9. The second kappa shape index (κ2) is 11.8. The molecular formula is C49H33NO. The number of nitrogens with zero attached hydrogens (tertiary/aromatic N) is 1. The molecule has 0 amide bonds. The molecule has 10 rings (SSSR count). The van der Waals surface area contributed by atoms with Crippen molar-refractivity contribution < 1.29 is 4.42 Å². The third-order valence-corrected chi connectivity index (χ3v) is 10.5. The number of hydrogen-bond acceptors (Lipinski definition) is 2. The molecule has 0 unspecified atom stereocenters. The van der Waals surface area contributed by atoms with E-state index in [4.69, 9.17) is 4.42 Å². The van der Waals surface area contributed by atoms with E-state index in [1.54, 1.807) is 0 Å². The van der Waals surface area contributed by atoms with Crippen molar-refractivity contribution in [2.24, 2.45) is 0 Å². The molecule has 0 radical (unpaired) electrons. The Morgan fingerprint density at radius 3 is 1.55 bits per heavy atom. The standard InChI is InChI=1S/C49H33NO/c1-6-18-34(19-7-1)35-30-31-44-41(32-35)47-45(51-44)33-43-46(48(47)50(38-24-12-4-13-25-38)39-26-14-5-15-27-39)40-28-16-17-29-42(40)49(43,36-20-8-2-9-21-36)37-22-10-3-11-23-37/h1-33H. The quantitative estimate of drug-likeness (QED) is 0.178. The first kappa shape index (κ1) is 29.3. The molecule has 240 valence electrons. The van der Waals surface area contributed by atoms with Crippen LogP contribution in [0.5, 0.6) is 0 Å². The second-order valence-electron chi connectivity index (χ2n) is 13.2. The summed E-state index contributed by atoms with van der Waals surface area (Å²) in [6.45, 7) is 0. The Bertz CT molecular complexity index is 2580. The van der Waals surface area contributed by atoms with Crippen molar-refractivity contribution in [1.29, 1.82) is 0 Å². The van der Waals surface area contributed by atoms with Gasteiger partial charge in [-0.1, -0.05) is 158 Å². The van der Waals surface area contributed by atoms with Gasteiger partial charge >= 0.3 is 0 Å². The van der Waals surface area contributed by atoms with Gasteiger partial charge in [0.2, 0.25) is 0 Å². The molecule has 0 saturated carbocycles. The van der Waals surface area contributed by atoms with E-state index in [1.165, 1.54) is 38.9 Å². The largest absolute Gasteiger partial charge is 0.456 e. The van der Waals surface area contributed by atoms with Crippen LogP contribution < -0.4 is 4.90 Å². The zero-order valence-corrected chi connectivity index (χ0v) is 27.9. The van der Waals surface area contributed by atoms with E-state index in [0.29, 0.717) is 0 Å². The molecule has 9 aromatic rings. The lowest BCUT2D eigenvalue weighted by Gasteiger charge is -2.34. The minimum absolute atomic E-state index is 0.579. The lowest BCUT2D eigenvalue weighted by molar-refractivity contribution is 0.666. The van der Waals surface area contributed by atoms with Gasteiger partial charge in [-0.05, 0) is 81.4 Å². The number of hydrogen-bond donors (Lipinski definition) is 0. The van der Waals surface area contributed by atoms with Gasteiger partial charge in [-0.25, -0.2) is 0 Å². The summed E-state index contributed by atoms with van der Waals surface area (Å²) in [5.41, 5.74) is 14.1. The van der Waals surface area contributed by atoms with Gasteiger partial charge in [-0.3, -0.25) is 0 Å². The van der Waals surface area contributed by atoms with E-state index in [2.05, 4.69) is 205 Å². The molecule has 0 N–H and O–H groups in total. The number of fused-ring (bicyclic) bond motifs is 6. The first-order chi connectivity index (χ1) is 25.3. The summed E-state index contributed by atoms with van der Waals surface area (Å²) < 4.78 is 6.97. The highest BCUT2D eigenvalue weighted by molar-refractivity contribution is 6.19. The van der Waals surface area contributed by atoms with Crippen LogP contribution in [0.25, 0.3) is 44.2 Å². The summed E-state index contributed by atoms with van der Waals surface area (Å²) in [6, 6.07) is 72.0. The molecular weight excluding hydrogens is 619 g/mol. The van der Waals surface area contributed by atoms with Crippen LogP contribution in [-0.2, 0) is 5.41 Å². The number of anilines is 3. The maximum Gasteiger partial charge on any atom is 0.137 e. The van der Waals surface area contributed by atoms with Gasteiger partial charge in [0.25, 0.3) is 0 Å². The van der Waals surface area contributed by atoms with Crippen molar-refractivity contribution in [3.8, 4) is 22.3 Å². The number of benzene rings is 8. The lowest BCUT2D eigenvalue weighted by atomic mass is 9.67. The van der Waals surface area contributed by atoms with Crippen LogP contribution in [0.15, 0.2) is 205 Å². The van der Waals surface area contributed by atoms with Gasteiger partial charge in [0, 0.05) is 22.3 Å². The Labute approximate surface area is 297 Å². The van der Waals surface area contributed by atoms with Crippen LogP contribution in [0.2, 0.25) is 0 Å². The maximum absolute atomic E-state index is 6.97. The predicted octanol–water partition coefficient (Wildman–Crippen LogP) is 13.1. The predicted molar refractivity (Wildman–Crippen MR) is 211 cm³/mol. The van der Waals surface area contributed by atoms with E-state index >= 15 is 0 Å². The highest BCUT2D eigenvalue weighted by atomic mass is 16.3. The van der Waals surface area contributed by atoms with Crippen LogP contribution in [0, 0.1) is 0 Å². The summed E-state index contributed by atoms with van der Waals surface area (Å²) >= 11 is 0. The SMILES string of the molecule is c1ccc(-c2ccc3oc4cc5c(c(N(c6ccccc6)c6ccccc6)c4c3c2)-c2ccccc2C5(c2ccccc2)c2ccccc2)cc1. The van der Waals surface area contributed by atoms with Crippen LogP contribution in [0.1, 0.15) is 22.3 Å². The van der Waals surface area contributed by atoms with Gasteiger partial charge < -0.3 is 9.32 Å². The van der Waals surface area contributed by atoms with Gasteiger partial charge in [-0.15, -0.1) is 0 Å². The number of rotatable bonds is 6. The Kier molecular flexibility index (Phi) is 6.75. The van der Waals surface area contributed by atoms with Crippen molar-refractivity contribution in [3.05, 3.63) is 222 Å². The molecule has 0 atom stereocenters. The lowest BCUT2D eigenvalue weighted by Crippen LogP contribution is -2.28. The number of para-hydroxylation sites is 2. The first-order valence-corrected chi connectivity index (χ1v) is 17.5. The van der Waals surface area contributed by atoms with Crippen molar-refractivity contribution in [2.75, 3.05) is 4.90 Å². The molecule has 8 aromatic carbocycles. The second-order valence-corrected chi connectivity index (χ2v) is 13.2. The van der Waals surface area contributed by atoms with Crippen LogP contribution in [0.4, 0.5) is 17.1 Å². The maximum atomic E-state index is 6.97. The molecule has 0 saturated heterocycles. The summed E-state index contributed by atoms with van der Waals surface area (Å²) in [5, 5.41) is 2.19. The Morgan fingerprint density at radius 1 is 0.412 bits per heavy atom. The van der Waals surface area contributed by atoms with Crippen LogP contribution in [0.3, 0.4) is 0 Å². The molecule has 1 heterocycles. The minimum atomic E-state index is -0.579. The Balaban J connectivity index is 1.43. The molecule has 1 aliphatic carbocycles. The third kappa shape index (κ3) is 4.43.